The second kappa shape index (κ2) is 7.49. The third kappa shape index (κ3) is 6.35. The maximum atomic E-state index is 11.9. The van der Waals surface area contributed by atoms with E-state index in [4.69, 9.17) is 21.1 Å². The van der Waals surface area contributed by atoms with E-state index in [9.17, 15) is 9.59 Å². The minimum Gasteiger partial charge on any atom is -0.467 e. The van der Waals surface area contributed by atoms with Crippen molar-refractivity contribution < 1.29 is 19.1 Å². The molecule has 0 unspecified atom stereocenters. The van der Waals surface area contributed by atoms with Gasteiger partial charge in [0.15, 0.2) is 0 Å². The predicted molar refractivity (Wildman–Crippen MR) is 85.1 cm³/mol. The first-order chi connectivity index (χ1) is 10.1. The highest BCUT2D eigenvalue weighted by Crippen LogP contribution is 2.16. The molecular weight excluding hydrogens is 306 g/mol. The number of alkyl carbamates (subject to hydrolysis) is 1. The van der Waals surface area contributed by atoms with Crippen LogP contribution in [0.2, 0.25) is 5.02 Å². The Morgan fingerprint density at radius 2 is 1.91 bits per heavy atom. The minimum absolute atomic E-state index is 0.271. The SMILES string of the molecule is COC(=O)[C@H](Cc1cc(C)cc(Cl)c1)NC(=O)OC(C)(C)C. The van der Waals surface area contributed by atoms with Crippen LogP contribution in [0.25, 0.3) is 0 Å². The Hall–Kier alpha value is -1.75. The van der Waals surface area contributed by atoms with E-state index in [-0.39, 0.29) is 6.42 Å². The van der Waals surface area contributed by atoms with Crippen LogP contribution in [0, 0.1) is 6.92 Å². The van der Waals surface area contributed by atoms with Gasteiger partial charge in [-0.25, -0.2) is 9.59 Å². The van der Waals surface area contributed by atoms with Crippen LogP contribution >= 0.6 is 11.6 Å². The zero-order valence-corrected chi connectivity index (χ0v) is 14.3. The van der Waals surface area contributed by atoms with Crippen LogP contribution in [0.1, 0.15) is 31.9 Å². The highest BCUT2D eigenvalue weighted by Gasteiger charge is 2.25. The fourth-order valence-corrected chi connectivity index (χ4v) is 2.26. The lowest BCUT2D eigenvalue weighted by atomic mass is 10.0. The first kappa shape index (κ1) is 18.3. The van der Waals surface area contributed by atoms with Gasteiger partial charge in [-0.05, 0) is 51.0 Å². The monoisotopic (exact) mass is 327 g/mol. The van der Waals surface area contributed by atoms with Crippen molar-refractivity contribution in [3.8, 4) is 0 Å². The lowest BCUT2D eigenvalue weighted by Gasteiger charge is -2.22. The molecule has 1 aromatic carbocycles. The van der Waals surface area contributed by atoms with Crippen molar-refractivity contribution >= 4 is 23.7 Å². The summed E-state index contributed by atoms with van der Waals surface area (Å²) >= 11 is 6.01. The van der Waals surface area contributed by atoms with Crippen LogP contribution in [-0.2, 0) is 20.7 Å². The molecule has 0 heterocycles. The molecule has 0 aliphatic carbocycles. The van der Waals surface area contributed by atoms with Crippen molar-refractivity contribution in [2.24, 2.45) is 0 Å². The van der Waals surface area contributed by atoms with Crippen LogP contribution in [0.15, 0.2) is 18.2 Å². The molecule has 1 aromatic rings. The number of rotatable bonds is 4. The minimum atomic E-state index is -0.835. The highest BCUT2D eigenvalue weighted by molar-refractivity contribution is 6.30. The van der Waals surface area contributed by atoms with Crippen molar-refractivity contribution in [2.75, 3.05) is 7.11 Å². The van der Waals surface area contributed by atoms with Gasteiger partial charge in [0.25, 0.3) is 0 Å². The molecule has 0 radical (unpaired) electrons. The van der Waals surface area contributed by atoms with E-state index in [1.54, 1.807) is 26.8 Å². The summed E-state index contributed by atoms with van der Waals surface area (Å²) in [6, 6.07) is 4.64. The van der Waals surface area contributed by atoms with Crippen LogP contribution < -0.4 is 5.32 Å². The van der Waals surface area contributed by atoms with Gasteiger partial charge in [0, 0.05) is 11.4 Å². The molecule has 1 N–H and O–H groups in total. The van der Waals surface area contributed by atoms with Gasteiger partial charge >= 0.3 is 12.1 Å². The van der Waals surface area contributed by atoms with E-state index in [0.717, 1.165) is 11.1 Å². The molecule has 122 valence electrons. The lowest BCUT2D eigenvalue weighted by Crippen LogP contribution is -2.45. The van der Waals surface area contributed by atoms with Gasteiger partial charge in [-0.15, -0.1) is 0 Å². The van der Waals surface area contributed by atoms with Crippen molar-refractivity contribution in [1.29, 1.82) is 0 Å². The summed E-state index contributed by atoms with van der Waals surface area (Å²) in [6.07, 6.45) is -0.394. The van der Waals surface area contributed by atoms with Gasteiger partial charge in [0.1, 0.15) is 11.6 Å². The largest absolute Gasteiger partial charge is 0.467 e. The van der Waals surface area contributed by atoms with Gasteiger partial charge in [0.2, 0.25) is 0 Å². The van der Waals surface area contributed by atoms with Gasteiger partial charge in [-0.1, -0.05) is 17.7 Å². The number of esters is 1. The number of carbonyl (C=O) groups excluding carboxylic acids is 2. The molecular formula is C16H22ClNO4. The summed E-state index contributed by atoms with van der Waals surface area (Å²) in [5.41, 5.74) is 1.16. The smallest absolute Gasteiger partial charge is 0.408 e. The number of ether oxygens (including phenoxy) is 2. The summed E-state index contributed by atoms with van der Waals surface area (Å²) in [6.45, 7) is 7.16. The molecule has 0 aliphatic rings. The average molecular weight is 328 g/mol. The van der Waals surface area contributed by atoms with Crippen LogP contribution in [0.4, 0.5) is 4.79 Å². The molecule has 6 heteroatoms. The number of aryl methyl sites for hydroxylation is 1. The predicted octanol–water partition coefficient (Wildman–Crippen LogP) is 3.26. The number of halogens is 1. The fraction of sp³-hybridized carbons (Fsp3) is 0.500. The van der Waals surface area contributed by atoms with Crippen molar-refractivity contribution in [2.45, 2.75) is 45.8 Å². The van der Waals surface area contributed by atoms with E-state index in [1.165, 1.54) is 7.11 Å². The third-order valence-electron chi connectivity index (χ3n) is 2.72. The van der Waals surface area contributed by atoms with Crippen molar-refractivity contribution in [1.82, 2.24) is 5.32 Å². The molecule has 22 heavy (non-hydrogen) atoms. The molecule has 1 atom stereocenters. The van der Waals surface area contributed by atoms with E-state index >= 15 is 0 Å². The van der Waals surface area contributed by atoms with Gasteiger partial charge < -0.3 is 14.8 Å². The first-order valence-corrected chi connectivity index (χ1v) is 7.32. The zero-order valence-electron chi connectivity index (χ0n) is 13.5. The Kier molecular flexibility index (Phi) is 6.23. The fourth-order valence-electron chi connectivity index (χ4n) is 1.95. The third-order valence-corrected chi connectivity index (χ3v) is 2.94. The second-order valence-electron chi connectivity index (χ2n) is 6.06. The molecule has 0 fully saturated rings. The van der Waals surface area contributed by atoms with Crippen LogP contribution in [-0.4, -0.2) is 30.8 Å². The maximum Gasteiger partial charge on any atom is 0.408 e. The number of methoxy groups -OCH3 is 1. The Morgan fingerprint density at radius 1 is 1.27 bits per heavy atom. The topological polar surface area (TPSA) is 64.6 Å². The summed E-state index contributed by atoms with van der Waals surface area (Å²) in [5, 5.41) is 3.11. The number of hydrogen-bond acceptors (Lipinski definition) is 4. The highest BCUT2D eigenvalue weighted by atomic mass is 35.5. The van der Waals surface area contributed by atoms with E-state index in [2.05, 4.69) is 5.32 Å². The normalized spacial score (nSPS) is 12.5. The number of carbonyl (C=O) groups is 2. The number of hydrogen-bond donors (Lipinski definition) is 1. The maximum absolute atomic E-state index is 11.9. The molecule has 0 saturated heterocycles. The van der Waals surface area contributed by atoms with Gasteiger partial charge in [0.05, 0.1) is 7.11 Å². The summed E-state index contributed by atoms with van der Waals surface area (Å²) in [4.78, 5) is 23.7. The Labute approximate surface area is 135 Å². The van der Waals surface area contributed by atoms with Crippen molar-refractivity contribution in [3.05, 3.63) is 34.3 Å². The number of amides is 1. The molecule has 1 amide bonds. The summed E-state index contributed by atoms with van der Waals surface area (Å²) in [7, 11) is 1.27. The quantitative estimate of drug-likeness (QED) is 0.862. The number of benzene rings is 1. The molecule has 0 saturated carbocycles. The molecule has 1 rings (SSSR count). The standard InChI is InChI=1S/C16H22ClNO4/c1-10-6-11(8-12(17)7-10)9-13(14(19)21-5)18-15(20)22-16(2,3)4/h6-8,13H,9H2,1-5H3,(H,18,20)/t13-/m0/s1. The molecule has 0 spiro atoms. The van der Waals surface area contributed by atoms with Crippen molar-refractivity contribution in [3.63, 3.8) is 0 Å². The van der Waals surface area contributed by atoms with Crippen LogP contribution in [0.3, 0.4) is 0 Å². The average Bonchev–Trinajstić information content (AvgIpc) is 2.33. The van der Waals surface area contributed by atoms with Gasteiger partial charge in [-0.2, -0.15) is 0 Å². The molecule has 0 bridgehead atoms. The summed E-state index contributed by atoms with van der Waals surface area (Å²) in [5.74, 6) is -0.538. The second-order valence-corrected chi connectivity index (χ2v) is 6.50. The summed E-state index contributed by atoms with van der Waals surface area (Å²) < 4.78 is 9.90. The van der Waals surface area contributed by atoms with Crippen LogP contribution in [0.5, 0.6) is 0 Å². The van der Waals surface area contributed by atoms with E-state index in [1.807, 2.05) is 19.1 Å². The molecule has 0 aliphatic heterocycles. The lowest BCUT2D eigenvalue weighted by molar-refractivity contribution is -0.143. The zero-order chi connectivity index (χ0) is 16.9. The number of nitrogens with one attached hydrogen (secondary N) is 1. The Balaban J connectivity index is 2.85. The van der Waals surface area contributed by atoms with Gasteiger partial charge in [-0.3, -0.25) is 0 Å². The van der Waals surface area contributed by atoms with E-state index < -0.39 is 23.7 Å². The Morgan fingerprint density at radius 3 is 2.41 bits per heavy atom. The first-order valence-electron chi connectivity index (χ1n) is 6.94. The molecule has 0 aromatic heterocycles. The Bertz CT molecular complexity index is 531. The van der Waals surface area contributed by atoms with E-state index in [0.29, 0.717) is 5.02 Å². The molecule has 5 nitrogen and oxygen atoms in total.